The van der Waals surface area contributed by atoms with Crippen LogP contribution in [0.25, 0.3) is 0 Å². The van der Waals surface area contributed by atoms with Crippen molar-refractivity contribution in [1.29, 1.82) is 0 Å². The largest absolute Gasteiger partial charge is 0.376 e. The molecule has 21 heavy (non-hydrogen) atoms. The molecule has 1 amide bonds. The number of carbonyl (C=O) groups excluding carboxylic acids is 1. The number of nitro groups is 1. The first kappa shape index (κ1) is 15.2. The first-order valence-electron chi connectivity index (χ1n) is 7.04. The van der Waals surface area contributed by atoms with Gasteiger partial charge in [0.15, 0.2) is 0 Å². The van der Waals surface area contributed by atoms with E-state index in [1.807, 2.05) is 0 Å². The molecule has 0 radical (unpaired) electrons. The van der Waals surface area contributed by atoms with E-state index in [2.05, 4.69) is 10.6 Å². The van der Waals surface area contributed by atoms with Gasteiger partial charge in [-0.2, -0.15) is 0 Å². The molecule has 1 fully saturated rings. The van der Waals surface area contributed by atoms with Crippen LogP contribution in [0.1, 0.15) is 29.6 Å². The number of hydrogen-bond donors (Lipinski definition) is 3. The summed E-state index contributed by atoms with van der Waals surface area (Å²) in [6.07, 6.45) is 3.02. The molecular weight excluding hydrogens is 272 g/mol. The van der Waals surface area contributed by atoms with Crippen LogP contribution >= 0.6 is 0 Å². The summed E-state index contributed by atoms with van der Waals surface area (Å²) in [7, 11) is 1.53. The zero-order valence-corrected chi connectivity index (χ0v) is 12.0. The van der Waals surface area contributed by atoms with Crippen LogP contribution in [0.2, 0.25) is 0 Å². The number of nitrogens with zero attached hydrogens (tertiary/aromatic N) is 1. The van der Waals surface area contributed by atoms with Gasteiger partial charge in [-0.3, -0.25) is 14.9 Å². The van der Waals surface area contributed by atoms with Crippen molar-refractivity contribution in [3.8, 4) is 0 Å². The molecule has 1 saturated carbocycles. The Morgan fingerprint density at radius 1 is 1.48 bits per heavy atom. The lowest BCUT2D eigenvalue weighted by atomic mass is 10.0. The molecule has 2 atom stereocenters. The summed E-state index contributed by atoms with van der Waals surface area (Å²) >= 11 is 0. The third-order valence-corrected chi connectivity index (χ3v) is 3.99. The Labute approximate surface area is 123 Å². The second-order valence-electron chi connectivity index (χ2n) is 5.25. The number of nitrogens with two attached hydrogens (primary N) is 1. The molecule has 4 N–H and O–H groups in total. The van der Waals surface area contributed by atoms with Crippen molar-refractivity contribution in [2.75, 3.05) is 18.9 Å². The molecule has 7 nitrogen and oxygen atoms in total. The summed E-state index contributed by atoms with van der Waals surface area (Å²) < 4.78 is 0. The summed E-state index contributed by atoms with van der Waals surface area (Å²) in [6.45, 7) is 0.556. The van der Waals surface area contributed by atoms with Gasteiger partial charge in [-0.15, -0.1) is 0 Å². The molecule has 0 saturated heterocycles. The normalized spacial score (nSPS) is 21.0. The van der Waals surface area contributed by atoms with Crippen LogP contribution in [0.4, 0.5) is 11.4 Å². The Hall–Kier alpha value is -2.15. The smallest absolute Gasteiger partial charge is 0.292 e. The summed E-state index contributed by atoms with van der Waals surface area (Å²) in [5, 5.41) is 16.9. The van der Waals surface area contributed by atoms with Gasteiger partial charge in [0.25, 0.3) is 11.6 Å². The fourth-order valence-electron chi connectivity index (χ4n) is 2.81. The molecule has 7 heteroatoms. The number of hydrogen-bond acceptors (Lipinski definition) is 5. The van der Waals surface area contributed by atoms with Crippen molar-refractivity contribution in [3.63, 3.8) is 0 Å². The van der Waals surface area contributed by atoms with Gasteiger partial charge in [-0.05, 0) is 37.4 Å². The minimum absolute atomic E-state index is 0.0228. The molecule has 1 aliphatic carbocycles. The first-order chi connectivity index (χ1) is 10.1. The van der Waals surface area contributed by atoms with Crippen molar-refractivity contribution in [2.45, 2.75) is 25.3 Å². The van der Waals surface area contributed by atoms with Crippen molar-refractivity contribution in [1.82, 2.24) is 5.32 Å². The van der Waals surface area contributed by atoms with Crippen LogP contribution in [0, 0.1) is 16.0 Å². The Morgan fingerprint density at radius 3 is 2.86 bits per heavy atom. The Balaban J connectivity index is 2.30. The van der Waals surface area contributed by atoms with Crippen LogP contribution in [-0.2, 0) is 0 Å². The molecule has 1 aromatic carbocycles. The van der Waals surface area contributed by atoms with Gasteiger partial charge in [0.1, 0.15) is 5.69 Å². The average Bonchev–Trinajstić information content (AvgIpc) is 2.93. The van der Waals surface area contributed by atoms with Crippen LogP contribution in [0.3, 0.4) is 0 Å². The van der Waals surface area contributed by atoms with Crippen LogP contribution < -0.4 is 16.4 Å². The highest BCUT2D eigenvalue weighted by atomic mass is 16.6. The number of rotatable bonds is 5. The molecule has 2 unspecified atom stereocenters. The van der Waals surface area contributed by atoms with E-state index >= 15 is 0 Å². The van der Waals surface area contributed by atoms with E-state index < -0.39 is 4.92 Å². The number of anilines is 1. The number of amides is 1. The summed E-state index contributed by atoms with van der Waals surface area (Å²) in [5.41, 5.74) is 6.49. The maximum Gasteiger partial charge on any atom is 0.292 e. The van der Waals surface area contributed by atoms with Gasteiger partial charge in [-0.1, -0.05) is 6.42 Å². The van der Waals surface area contributed by atoms with Gasteiger partial charge in [0.2, 0.25) is 0 Å². The quantitative estimate of drug-likeness (QED) is 0.562. The van der Waals surface area contributed by atoms with E-state index in [9.17, 15) is 14.9 Å². The topological polar surface area (TPSA) is 110 Å². The fourth-order valence-corrected chi connectivity index (χ4v) is 2.81. The maximum absolute atomic E-state index is 11.7. The van der Waals surface area contributed by atoms with Crippen molar-refractivity contribution >= 4 is 17.3 Å². The number of benzene rings is 1. The van der Waals surface area contributed by atoms with E-state index in [0.29, 0.717) is 23.7 Å². The molecule has 1 aromatic rings. The van der Waals surface area contributed by atoms with Gasteiger partial charge < -0.3 is 16.4 Å². The second-order valence-corrected chi connectivity index (χ2v) is 5.25. The zero-order valence-electron chi connectivity index (χ0n) is 12.0. The van der Waals surface area contributed by atoms with E-state index in [-0.39, 0.29) is 17.6 Å². The highest BCUT2D eigenvalue weighted by Crippen LogP contribution is 2.32. The number of nitro benzene ring substituents is 1. The second kappa shape index (κ2) is 6.53. The molecule has 0 aromatic heterocycles. The third-order valence-electron chi connectivity index (χ3n) is 3.99. The van der Waals surface area contributed by atoms with Crippen molar-refractivity contribution < 1.29 is 9.72 Å². The molecular formula is C14H20N4O3. The standard InChI is InChI=1S/C14H20N4O3/c1-16-14(19)9-5-6-13(18(20)21)12(7-9)17-11-4-2-3-10(11)8-15/h5-7,10-11,17H,2-4,8,15H2,1H3,(H,16,19). The highest BCUT2D eigenvalue weighted by molar-refractivity contribution is 5.95. The van der Waals surface area contributed by atoms with Crippen LogP contribution in [0.15, 0.2) is 18.2 Å². The van der Waals surface area contributed by atoms with E-state index in [1.165, 1.54) is 25.2 Å². The predicted molar refractivity (Wildman–Crippen MR) is 80.3 cm³/mol. The highest BCUT2D eigenvalue weighted by Gasteiger charge is 2.28. The Bertz CT molecular complexity index is 547. The summed E-state index contributed by atoms with van der Waals surface area (Å²) in [6, 6.07) is 4.47. The summed E-state index contributed by atoms with van der Waals surface area (Å²) in [4.78, 5) is 22.4. The van der Waals surface area contributed by atoms with Crippen molar-refractivity contribution in [3.05, 3.63) is 33.9 Å². The lowest BCUT2D eigenvalue weighted by molar-refractivity contribution is -0.384. The predicted octanol–water partition coefficient (Wildman–Crippen LogP) is 1.49. The lowest BCUT2D eigenvalue weighted by Crippen LogP contribution is -2.30. The van der Waals surface area contributed by atoms with Gasteiger partial charge in [0.05, 0.1) is 4.92 Å². The SMILES string of the molecule is CNC(=O)c1ccc([N+](=O)[O-])c(NC2CCCC2CN)c1. The van der Waals surface area contributed by atoms with Crippen LogP contribution in [0.5, 0.6) is 0 Å². The molecule has 2 rings (SSSR count). The third kappa shape index (κ3) is 3.30. The molecule has 0 heterocycles. The maximum atomic E-state index is 11.7. The number of carbonyl (C=O) groups is 1. The molecule has 1 aliphatic rings. The van der Waals surface area contributed by atoms with Crippen LogP contribution in [-0.4, -0.2) is 30.5 Å². The molecule has 0 bridgehead atoms. The Kier molecular flexibility index (Phi) is 4.74. The van der Waals surface area contributed by atoms with E-state index in [4.69, 9.17) is 5.73 Å². The van der Waals surface area contributed by atoms with Gasteiger partial charge in [0, 0.05) is 24.7 Å². The van der Waals surface area contributed by atoms with Gasteiger partial charge >= 0.3 is 0 Å². The summed E-state index contributed by atoms with van der Waals surface area (Å²) in [5.74, 6) is 0.0445. The fraction of sp³-hybridized carbons (Fsp3) is 0.500. The van der Waals surface area contributed by atoms with E-state index in [0.717, 1.165) is 19.3 Å². The monoisotopic (exact) mass is 292 g/mol. The molecule has 0 aliphatic heterocycles. The zero-order chi connectivity index (χ0) is 15.4. The number of nitrogens with one attached hydrogen (secondary N) is 2. The van der Waals surface area contributed by atoms with E-state index in [1.54, 1.807) is 0 Å². The molecule has 114 valence electrons. The minimum atomic E-state index is -0.442. The average molecular weight is 292 g/mol. The van der Waals surface area contributed by atoms with Gasteiger partial charge in [-0.25, -0.2) is 0 Å². The lowest BCUT2D eigenvalue weighted by Gasteiger charge is -2.20. The molecule has 0 spiro atoms. The minimum Gasteiger partial charge on any atom is -0.376 e. The van der Waals surface area contributed by atoms with Crippen molar-refractivity contribution in [2.24, 2.45) is 11.7 Å². The first-order valence-corrected chi connectivity index (χ1v) is 7.04. The Morgan fingerprint density at radius 2 is 2.24 bits per heavy atom.